The van der Waals surface area contributed by atoms with Gasteiger partial charge in [0.2, 0.25) is 17.7 Å². The zero-order valence-corrected chi connectivity index (χ0v) is 24.7. The van der Waals surface area contributed by atoms with Crippen LogP contribution in [0.5, 0.6) is 0 Å². The molecule has 4 amide bonds. The van der Waals surface area contributed by atoms with Gasteiger partial charge in [-0.05, 0) is 45.1 Å². The van der Waals surface area contributed by atoms with Crippen molar-refractivity contribution in [2.75, 3.05) is 5.75 Å². The highest BCUT2D eigenvalue weighted by molar-refractivity contribution is 8.77. The van der Waals surface area contributed by atoms with Crippen LogP contribution in [0.1, 0.15) is 61.3 Å². The molecule has 0 spiro atoms. The second-order valence-corrected chi connectivity index (χ2v) is 13.6. The number of rotatable bonds is 2. The van der Waals surface area contributed by atoms with E-state index in [-0.39, 0.29) is 24.0 Å². The van der Waals surface area contributed by atoms with Gasteiger partial charge in [0.1, 0.15) is 29.9 Å². The van der Waals surface area contributed by atoms with Crippen LogP contribution in [-0.2, 0) is 28.7 Å². The summed E-state index contributed by atoms with van der Waals surface area (Å²) < 4.78 is 4.90. The van der Waals surface area contributed by atoms with E-state index in [2.05, 4.69) is 21.3 Å². The van der Waals surface area contributed by atoms with Crippen molar-refractivity contribution in [1.29, 1.82) is 0 Å². The smallest absolute Gasteiger partial charge is 0.329 e. The summed E-state index contributed by atoms with van der Waals surface area (Å²) in [5.41, 5.74) is -0.0530. The van der Waals surface area contributed by atoms with E-state index in [0.29, 0.717) is 12.2 Å². The minimum absolute atomic E-state index is 0.0530. The lowest BCUT2D eigenvalue weighted by molar-refractivity contribution is -0.153. The van der Waals surface area contributed by atoms with Crippen LogP contribution in [0.15, 0.2) is 23.9 Å². The van der Waals surface area contributed by atoms with Gasteiger partial charge in [0, 0.05) is 10.5 Å². The Balaban J connectivity index is 2.66. The number of ether oxygens (including phenoxy) is 1. The molecule has 0 aromatic carbocycles. The number of nitrogens with one attached hydrogen (secondary N) is 4. The van der Waals surface area contributed by atoms with Gasteiger partial charge in [0.15, 0.2) is 0 Å². The summed E-state index contributed by atoms with van der Waals surface area (Å²) in [7, 11) is 2.98. The Morgan fingerprint density at radius 1 is 0.974 bits per heavy atom. The van der Waals surface area contributed by atoms with E-state index >= 15 is 0 Å². The number of allylic oxidation sites excluding steroid dienone is 2. The van der Waals surface area contributed by atoms with Gasteiger partial charge in [-0.3, -0.25) is 19.2 Å². The third-order valence-electron chi connectivity index (χ3n) is 6.15. The molecule has 1 saturated heterocycles. The van der Waals surface area contributed by atoms with Crippen LogP contribution in [0.4, 0.5) is 0 Å². The molecule has 0 saturated carbocycles. The number of carbonyl (C=O) groups excluding carboxylic acids is 5. The first kappa shape index (κ1) is 31.7. The first-order chi connectivity index (χ1) is 17.8. The molecule has 2 aliphatic heterocycles. The molecule has 38 heavy (non-hydrogen) atoms. The molecule has 0 aliphatic carbocycles. The van der Waals surface area contributed by atoms with Crippen molar-refractivity contribution < 1.29 is 28.7 Å². The van der Waals surface area contributed by atoms with E-state index in [1.165, 1.54) is 27.7 Å². The number of amides is 4. The normalized spacial score (nSPS) is 30.1. The third kappa shape index (κ3) is 8.79. The van der Waals surface area contributed by atoms with Crippen molar-refractivity contribution in [3.05, 3.63) is 23.9 Å². The molecule has 12 heteroatoms. The number of carbonyl (C=O) groups is 5. The molecule has 4 N–H and O–H groups in total. The number of hydrogen-bond donors (Lipinski definition) is 4. The molecule has 2 aliphatic rings. The molecular formula is C26H40N4O6S2. The maximum absolute atomic E-state index is 13.6. The lowest BCUT2D eigenvalue weighted by Gasteiger charge is -2.34. The van der Waals surface area contributed by atoms with Crippen LogP contribution in [0.25, 0.3) is 0 Å². The van der Waals surface area contributed by atoms with Gasteiger partial charge in [0.25, 0.3) is 5.91 Å². The zero-order valence-electron chi connectivity index (χ0n) is 23.1. The number of esters is 1. The van der Waals surface area contributed by atoms with Gasteiger partial charge in [0.05, 0.1) is 6.42 Å². The van der Waals surface area contributed by atoms with Crippen LogP contribution in [0, 0.1) is 11.8 Å². The summed E-state index contributed by atoms with van der Waals surface area (Å²) in [4.78, 5) is 66.3. The molecule has 0 unspecified atom stereocenters. The second-order valence-electron chi connectivity index (χ2n) is 10.5. The van der Waals surface area contributed by atoms with Gasteiger partial charge in [-0.1, -0.05) is 61.4 Å². The molecule has 0 aromatic heterocycles. The van der Waals surface area contributed by atoms with Crippen molar-refractivity contribution in [2.24, 2.45) is 11.8 Å². The van der Waals surface area contributed by atoms with E-state index in [9.17, 15) is 24.0 Å². The molecule has 2 rings (SSSR count). The predicted octanol–water partition coefficient (Wildman–Crippen LogP) is 2.21. The van der Waals surface area contributed by atoms with E-state index in [4.69, 9.17) is 4.74 Å². The van der Waals surface area contributed by atoms with Crippen LogP contribution in [0.2, 0.25) is 0 Å². The fourth-order valence-electron chi connectivity index (χ4n) is 3.90. The van der Waals surface area contributed by atoms with Gasteiger partial charge in [-0.25, -0.2) is 4.79 Å². The van der Waals surface area contributed by atoms with Gasteiger partial charge in [-0.2, -0.15) is 0 Å². The predicted molar refractivity (Wildman–Crippen MR) is 150 cm³/mol. The average Bonchev–Trinajstić information content (AvgIpc) is 2.82. The zero-order chi connectivity index (χ0) is 28.6. The Labute approximate surface area is 232 Å². The largest absolute Gasteiger partial charge is 0.456 e. The number of fused-ring (bicyclic) bond motifs is 7. The standard InChI is InChI=1S/C26H40N4O6S2/c1-8-17-22(32)29-20(15(4)5)25(35)36-16-11-9-10-12-37-38-26(6,7)21(24(34)27-17)30-23(33)19(14(2)3)28-18(31)13-16/h8-9,11,14-16,19-21H,10,12-13H2,1-7H3,(H,27,34)(H,28,31)(H,29,32)(H,30,33)/b11-9-,17-8-/t16-,19+,20+,21+/m1/s1. The maximum atomic E-state index is 13.6. The first-order valence-corrected chi connectivity index (χ1v) is 15.1. The Bertz CT molecular complexity index is 979. The fourth-order valence-corrected chi connectivity index (χ4v) is 6.52. The first-order valence-electron chi connectivity index (χ1n) is 12.8. The summed E-state index contributed by atoms with van der Waals surface area (Å²) in [6.07, 6.45) is 4.49. The third-order valence-corrected chi connectivity index (χ3v) is 9.48. The Morgan fingerprint density at radius 3 is 2.24 bits per heavy atom. The van der Waals surface area contributed by atoms with Crippen LogP contribution >= 0.6 is 21.6 Å². The summed E-state index contributed by atoms with van der Waals surface area (Å²) in [6.45, 7) is 12.4. The summed E-state index contributed by atoms with van der Waals surface area (Å²) in [5, 5.41) is 10.9. The minimum atomic E-state index is -1.04. The lowest BCUT2D eigenvalue weighted by Crippen LogP contribution is -2.61. The second kappa shape index (κ2) is 14.1. The number of hydrogen-bond acceptors (Lipinski definition) is 8. The molecule has 0 aromatic rings. The maximum Gasteiger partial charge on any atom is 0.329 e. The highest BCUT2D eigenvalue weighted by Crippen LogP contribution is 2.39. The quantitative estimate of drug-likeness (QED) is 0.172. The van der Waals surface area contributed by atoms with E-state index < -0.39 is 58.6 Å². The SMILES string of the molecule is C/C=C1\NC(=O)[C@@H]2NC(=O)[C@H](C(C)C)NC(=O)C[C@@H](/C=C\CCSSC2(C)C)OC(=O)[C@H](C(C)C)NC1=O. The molecule has 2 bridgehead atoms. The van der Waals surface area contributed by atoms with Gasteiger partial charge >= 0.3 is 5.97 Å². The summed E-state index contributed by atoms with van der Waals surface area (Å²) >= 11 is 0. The molecule has 4 atom stereocenters. The highest BCUT2D eigenvalue weighted by Gasteiger charge is 2.40. The Hall–Kier alpha value is -2.47. The van der Waals surface area contributed by atoms with Crippen molar-refractivity contribution in [1.82, 2.24) is 21.3 Å². The molecular weight excluding hydrogens is 528 g/mol. The van der Waals surface area contributed by atoms with E-state index in [1.807, 2.05) is 19.9 Å². The van der Waals surface area contributed by atoms with Crippen molar-refractivity contribution >= 4 is 51.2 Å². The molecule has 2 heterocycles. The summed E-state index contributed by atoms with van der Waals surface area (Å²) in [5.74, 6) is -2.89. The van der Waals surface area contributed by atoms with Gasteiger partial charge < -0.3 is 26.0 Å². The molecule has 0 radical (unpaired) electrons. The molecule has 1 fully saturated rings. The Morgan fingerprint density at radius 2 is 1.63 bits per heavy atom. The lowest BCUT2D eigenvalue weighted by atomic mass is 9.98. The van der Waals surface area contributed by atoms with E-state index in [1.54, 1.807) is 40.7 Å². The van der Waals surface area contributed by atoms with Crippen molar-refractivity contribution in [3.8, 4) is 0 Å². The topological polar surface area (TPSA) is 143 Å². The van der Waals surface area contributed by atoms with Crippen molar-refractivity contribution in [2.45, 2.75) is 90.3 Å². The minimum Gasteiger partial charge on any atom is -0.456 e. The highest BCUT2D eigenvalue weighted by atomic mass is 33.1. The van der Waals surface area contributed by atoms with Crippen LogP contribution < -0.4 is 21.3 Å². The summed E-state index contributed by atoms with van der Waals surface area (Å²) in [6, 6.07) is -2.99. The van der Waals surface area contributed by atoms with Crippen molar-refractivity contribution in [3.63, 3.8) is 0 Å². The average molecular weight is 569 g/mol. The van der Waals surface area contributed by atoms with Crippen LogP contribution in [0.3, 0.4) is 0 Å². The Kier molecular flexibility index (Phi) is 11.8. The van der Waals surface area contributed by atoms with Crippen LogP contribution in [-0.4, -0.2) is 64.3 Å². The van der Waals surface area contributed by atoms with Gasteiger partial charge in [-0.15, -0.1) is 0 Å². The molecule has 10 nitrogen and oxygen atoms in total. The fraction of sp³-hybridized carbons (Fsp3) is 0.654. The van der Waals surface area contributed by atoms with E-state index in [0.717, 1.165) is 0 Å². The monoisotopic (exact) mass is 568 g/mol. The molecule has 212 valence electrons.